The number of amides is 1. The third-order valence-corrected chi connectivity index (χ3v) is 2.61. The number of hydrogen-bond acceptors (Lipinski definition) is 1. The summed E-state index contributed by atoms with van der Waals surface area (Å²) in [5.74, 6) is 0.0850. The van der Waals surface area contributed by atoms with Crippen molar-refractivity contribution in [3.63, 3.8) is 0 Å². The summed E-state index contributed by atoms with van der Waals surface area (Å²) < 4.78 is 0. The lowest BCUT2D eigenvalue weighted by atomic mass is 9.80. The number of rotatable bonds is 0. The summed E-state index contributed by atoms with van der Waals surface area (Å²) in [6.45, 7) is 8.96. The Kier molecular flexibility index (Phi) is 1.78. The summed E-state index contributed by atoms with van der Waals surface area (Å²) in [6, 6.07) is 0. The van der Waals surface area contributed by atoms with Crippen LogP contribution in [-0.4, -0.2) is 12.5 Å². The van der Waals surface area contributed by atoms with Crippen LogP contribution in [0.25, 0.3) is 0 Å². The van der Waals surface area contributed by atoms with E-state index in [2.05, 4.69) is 19.2 Å². The zero-order valence-electron chi connectivity index (χ0n) is 7.62. The molecule has 62 valence electrons. The van der Waals surface area contributed by atoms with Crippen molar-refractivity contribution < 1.29 is 4.79 Å². The Balaban J connectivity index is 3.07. The predicted molar refractivity (Wildman–Crippen MR) is 45.2 cm³/mol. The number of carbonyl (C=O) groups is 1. The Morgan fingerprint density at radius 2 is 1.91 bits per heavy atom. The van der Waals surface area contributed by atoms with Gasteiger partial charge in [0.25, 0.3) is 0 Å². The van der Waals surface area contributed by atoms with Crippen LogP contribution in [0, 0.1) is 5.41 Å². The lowest BCUT2D eigenvalue weighted by Gasteiger charge is -2.32. The molecule has 1 aliphatic heterocycles. The van der Waals surface area contributed by atoms with Gasteiger partial charge in [-0.1, -0.05) is 19.4 Å². The lowest BCUT2D eigenvalue weighted by molar-refractivity contribution is -0.118. The second-order valence-corrected chi connectivity index (χ2v) is 3.82. The minimum absolute atomic E-state index is 0.0850. The van der Waals surface area contributed by atoms with E-state index in [0.717, 1.165) is 12.1 Å². The van der Waals surface area contributed by atoms with Crippen LogP contribution >= 0.6 is 0 Å². The molecule has 0 saturated heterocycles. The fourth-order valence-electron chi connectivity index (χ4n) is 1.24. The van der Waals surface area contributed by atoms with E-state index in [1.54, 1.807) is 0 Å². The zero-order chi connectivity index (χ0) is 8.65. The highest BCUT2D eigenvalue weighted by Gasteiger charge is 2.28. The maximum atomic E-state index is 11.1. The molecule has 1 aliphatic rings. The quantitative estimate of drug-likeness (QED) is 0.561. The predicted octanol–water partition coefficient (Wildman–Crippen LogP) is 1.48. The van der Waals surface area contributed by atoms with Crippen molar-refractivity contribution in [2.45, 2.75) is 27.7 Å². The third-order valence-electron chi connectivity index (χ3n) is 2.61. The van der Waals surface area contributed by atoms with E-state index in [4.69, 9.17) is 0 Å². The molecule has 0 aliphatic carbocycles. The van der Waals surface area contributed by atoms with Crippen molar-refractivity contribution in [3.8, 4) is 0 Å². The molecule has 1 rings (SSSR count). The van der Waals surface area contributed by atoms with Gasteiger partial charge in [0.1, 0.15) is 0 Å². The van der Waals surface area contributed by atoms with Gasteiger partial charge in [0.05, 0.1) is 0 Å². The summed E-state index contributed by atoms with van der Waals surface area (Å²) in [6.07, 6.45) is 0. The van der Waals surface area contributed by atoms with Crippen molar-refractivity contribution in [1.29, 1.82) is 0 Å². The Bertz CT molecular complexity index is 226. The highest BCUT2D eigenvalue weighted by Crippen LogP contribution is 2.30. The average Bonchev–Trinajstić information content (AvgIpc) is 1.95. The first-order chi connectivity index (χ1) is 4.95. The van der Waals surface area contributed by atoms with Gasteiger partial charge in [0, 0.05) is 17.5 Å². The average molecular weight is 153 g/mol. The second-order valence-electron chi connectivity index (χ2n) is 3.82. The molecular formula is C9H15NO. The van der Waals surface area contributed by atoms with Gasteiger partial charge in [0.15, 0.2) is 0 Å². The van der Waals surface area contributed by atoms with Crippen molar-refractivity contribution in [3.05, 3.63) is 11.1 Å². The van der Waals surface area contributed by atoms with Crippen LogP contribution in [0.5, 0.6) is 0 Å². The topological polar surface area (TPSA) is 29.1 Å². The molecule has 0 aromatic rings. The Morgan fingerprint density at radius 1 is 1.36 bits per heavy atom. The molecule has 0 unspecified atom stereocenters. The first kappa shape index (κ1) is 8.31. The minimum Gasteiger partial charge on any atom is -0.351 e. The van der Waals surface area contributed by atoms with Crippen LogP contribution in [0.1, 0.15) is 27.7 Å². The van der Waals surface area contributed by atoms with E-state index in [1.807, 2.05) is 13.8 Å². The van der Waals surface area contributed by atoms with E-state index in [0.29, 0.717) is 0 Å². The standard InChI is InChI=1S/C9H15NO/c1-6-7(2)9(3,4)5-10-8(6)11/h5H2,1-4H3,(H,10,11). The molecule has 1 N–H and O–H groups in total. The number of carbonyl (C=O) groups excluding carboxylic acids is 1. The molecule has 0 aromatic heterocycles. The van der Waals surface area contributed by atoms with Gasteiger partial charge < -0.3 is 5.32 Å². The van der Waals surface area contributed by atoms with Gasteiger partial charge in [-0.3, -0.25) is 4.79 Å². The smallest absolute Gasteiger partial charge is 0.246 e. The van der Waals surface area contributed by atoms with Gasteiger partial charge >= 0.3 is 0 Å². The van der Waals surface area contributed by atoms with Crippen LogP contribution < -0.4 is 5.32 Å². The SMILES string of the molecule is CC1=C(C)C(C)(C)CNC1=O. The molecule has 0 radical (unpaired) electrons. The Labute approximate surface area is 67.7 Å². The van der Waals surface area contributed by atoms with Crippen LogP contribution in [0.15, 0.2) is 11.1 Å². The van der Waals surface area contributed by atoms with Gasteiger partial charge in [-0.15, -0.1) is 0 Å². The van der Waals surface area contributed by atoms with Crippen LogP contribution in [0.3, 0.4) is 0 Å². The van der Waals surface area contributed by atoms with Gasteiger partial charge in [-0.25, -0.2) is 0 Å². The van der Waals surface area contributed by atoms with E-state index in [-0.39, 0.29) is 11.3 Å². The summed E-state index contributed by atoms with van der Waals surface area (Å²) in [4.78, 5) is 11.1. The maximum absolute atomic E-state index is 11.1. The molecule has 0 fully saturated rings. The minimum atomic E-state index is 0.0850. The van der Waals surface area contributed by atoms with Crippen molar-refractivity contribution >= 4 is 5.91 Å². The fraction of sp³-hybridized carbons (Fsp3) is 0.667. The molecule has 0 saturated carbocycles. The first-order valence-electron chi connectivity index (χ1n) is 3.91. The van der Waals surface area contributed by atoms with Gasteiger partial charge in [-0.05, 0) is 13.8 Å². The molecule has 0 atom stereocenters. The second kappa shape index (κ2) is 2.36. The van der Waals surface area contributed by atoms with E-state index < -0.39 is 0 Å². The van der Waals surface area contributed by atoms with Crippen LogP contribution in [0.4, 0.5) is 0 Å². The normalized spacial score (nSPS) is 23.5. The Morgan fingerprint density at radius 3 is 2.36 bits per heavy atom. The molecule has 0 spiro atoms. The monoisotopic (exact) mass is 153 g/mol. The molecular weight excluding hydrogens is 138 g/mol. The van der Waals surface area contributed by atoms with E-state index in [9.17, 15) is 4.79 Å². The zero-order valence-corrected chi connectivity index (χ0v) is 7.62. The van der Waals surface area contributed by atoms with Gasteiger partial charge in [0.2, 0.25) is 5.91 Å². The molecule has 1 amide bonds. The van der Waals surface area contributed by atoms with E-state index in [1.165, 1.54) is 5.57 Å². The van der Waals surface area contributed by atoms with E-state index >= 15 is 0 Å². The lowest BCUT2D eigenvalue weighted by Crippen LogP contribution is -2.40. The summed E-state index contributed by atoms with van der Waals surface area (Å²) in [5, 5.41) is 2.86. The molecule has 1 heterocycles. The molecule has 2 heteroatoms. The molecule has 0 bridgehead atoms. The maximum Gasteiger partial charge on any atom is 0.246 e. The first-order valence-corrected chi connectivity index (χ1v) is 3.91. The third kappa shape index (κ3) is 1.30. The Hall–Kier alpha value is -0.790. The number of hydrogen-bond donors (Lipinski definition) is 1. The van der Waals surface area contributed by atoms with Crippen LogP contribution in [0.2, 0.25) is 0 Å². The largest absolute Gasteiger partial charge is 0.351 e. The molecule has 0 aromatic carbocycles. The van der Waals surface area contributed by atoms with Crippen LogP contribution in [-0.2, 0) is 4.79 Å². The fourth-order valence-corrected chi connectivity index (χ4v) is 1.24. The summed E-state index contributed by atoms with van der Waals surface area (Å²) in [5.41, 5.74) is 2.22. The number of nitrogens with one attached hydrogen (secondary N) is 1. The molecule has 11 heavy (non-hydrogen) atoms. The summed E-state index contributed by atoms with van der Waals surface area (Å²) >= 11 is 0. The van der Waals surface area contributed by atoms with Crippen molar-refractivity contribution in [2.24, 2.45) is 5.41 Å². The summed E-state index contributed by atoms with van der Waals surface area (Å²) in [7, 11) is 0. The molecule has 2 nitrogen and oxygen atoms in total. The highest BCUT2D eigenvalue weighted by molar-refractivity contribution is 5.94. The van der Waals surface area contributed by atoms with Gasteiger partial charge in [-0.2, -0.15) is 0 Å². The van der Waals surface area contributed by atoms with Crippen molar-refractivity contribution in [1.82, 2.24) is 5.32 Å². The van der Waals surface area contributed by atoms with Crippen molar-refractivity contribution in [2.75, 3.05) is 6.54 Å². The highest BCUT2D eigenvalue weighted by atomic mass is 16.1.